The van der Waals surface area contributed by atoms with Crippen LogP contribution in [0.3, 0.4) is 0 Å². The molecule has 0 aliphatic rings. The van der Waals surface area contributed by atoms with Gasteiger partial charge in [0.2, 0.25) is 5.78 Å². The van der Waals surface area contributed by atoms with Crippen molar-refractivity contribution in [1.82, 2.24) is 5.32 Å². The van der Waals surface area contributed by atoms with E-state index in [1.165, 1.54) is 0 Å². The third-order valence-corrected chi connectivity index (χ3v) is 4.66. The predicted molar refractivity (Wildman–Crippen MR) is 115 cm³/mol. The quantitative estimate of drug-likeness (QED) is 0.500. The average Bonchev–Trinajstić information content (AvgIpc) is 2.70. The minimum atomic E-state index is -0.865. The first kappa shape index (κ1) is 23.1. The molecule has 160 valence electrons. The van der Waals surface area contributed by atoms with E-state index in [1.807, 2.05) is 32.9 Å². The number of hydrogen-bond donors (Lipinski definition) is 1. The molecule has 0 spiro atoms. The minimum Gasteiger partial charge on any atom is -0.494 e. The van der Waals surface area contributed by atoms with Crippen molar-refractivity contribution in [3.05, 3.63) is 64.7 Å². The molecule has 0 radical (unpaired) electrons. The van der Waals surface area contributed by atoms with Crippen molar-refractivity contribution in [3.8, 4) is 5.75 Å². The SMILES string of the molecule is CCOc1ccc(C(=O)N[C@H](C(=O)OCC(=O)c2ccc(C)cc2C)C(C)C)cc1. The van der Waals surface area contributed by atoms with Crippen molar-refractivity contribution in [2.45, 2.75) is 40.7 Å². The maximum atomic E-state index is 12.6. The maximum absolute atomic E-state index is 12.6. The number of ketones is 1. The Balaban J connectivity index is 2.00. The molecule has 0 heterocycles. The Morgan fingerprint density at radius 1 is 1.00 bits per heavy atom. The van der Waals surface area contributed by atoms with Gasteiger partial charge < -0.3 is 14.8 Å². The summed E-state index contributed by atoms with van der Waals surface area (Å²) < 4.78 is 10.6. The molecule has 2 aromatic carbocycles. The highest BCUT2D eigenvalue weighted by atomic mass is 16.5. The van der Waals surface area contributed by atoms with Gasteiger partial charge in [0.05, 0.1) is 6.61 Å². The molecule has 0 saturated carbocycles. The summed E-state index contributed by atoms with van der Waals surface area (Å²) >= 11 is 0. The summed E-state index contributed by atoms with van der Waals surface area (Å²) in [6, 6.07) is 11.3. The molecule has 0 unspecified atom stereocenters. The summed E-state index contributed by atoms with van der Waals surface area (Å²) in [6.45, 7) is 9.44. The summed E-state index contributed by atoms with van der Waals surface area (Å²) in [7, 11) is 0. The number of carbonyl (C=O) groups excluding carboxylic acids is 3. The molecule has 6 nitrogen and oxygen atoms in total. The number of Topliss-reactive ketones (excluding diaryl/α,β-unsaturated/α-hetero) is 1. The summed E-state index contributed by atoms with van der Waals surface area (Å²) in [5.41, 5.74) is 2.81. The maximum Gasteiger partial charge on any atom is 0.329 e. The second kappa shape index (κ2) is 10.6. The molecule has 0 saturated heterocycles. The number of carbonyl (C=O) groups is 3. The molecule has 0 aromatic heterocycles. The molecule has 1 N–H and O–H groups in total. The van der Waals surface area contributed by atoms with E-state index in [-0.39, 0.29) is 18.3 Å². The average molecular weight is 411 g/mol. The van der Waals surface area contributed by atoms with Crippen LogP contribution in [-0.2, 0) is 9.53 Å². The molecule has 0 fully saturated rings. The first-order chi connectivity index (χ1) is 14.2. The van der Waals surface area contributed by atoms with Gasteiger partial charge in [-0.2, -0.15) is 0 Å². The summed E-state index contributed by atoms with van der Waals surface area (Å²) in [6.07, 6.45) is 0. The second-order valence-electron chi connectivity index (χ2n) is 7.50. The number of aryl methyl sites for hydroxylation is 2. The van der Waals surface area contributed by atoms with E-state index in [9.17, 15) is 14.4 Å². The van der Waals surface area contributed by atoms with Crippen LogP contribution >= 0.6 is 0 Å². The number of nitrogens with one attached hydrogen (secondary N) is 1. The third-order valence-electron chi connectivity index (χ3n) is 4.66. The number of amides is 1. The molecule has 30 heavy (non-hydrogen) atoms. The van der Waals surface area contributed by atoms with E-state index in [0.29, 0.717) is 23.5 Å². The van der Waals surface area contributed by atoms with Gasteiger partial charge in [0.1, 0.15) is 11.8 Å². The Labute approximate surface area is 177 Å². The fourth-order valence-corrected chi connectivity index (χ4v) is 3.02. The number of ether oxygens (including phenoxy) is 2. The van der Waals surface area contributed by atoms with Crippen LogP contribution in [-0.4, -0.2) is 36.9 Å². The summed E-state index contributed by atoms with van der Waals surface area (Å²) in [5.74, 6) is -0.850. The monoisotopic (exact) mass is 411 g/mol. The molecule has 0 aliphatic carbocycles. The Hall–Kier alpha value is -3.15. The zero-order chi connectivity index (χ0) is 22.3. The summed E-state index contributed by atoms with van der Waals surface area (Å²) in [4.78, 5) is 37.5. The molecule has 1 atom stereocenters. The molecular formula is C24H29NO5. The Kier molecular flexibility index (Phi) is 8.16. The predicted octanol–water partition coefficient (Wildman–Crippen LogP) is 3.88. The van der Waals surface area contributed by atoms with Gasteiger partial charge in [-0.3, -0.25) is 9.59 Å². The van der Waals surface area contributed by atoms with Crippen LogP contribution in [0.5, 0.6) is 5.75 Å². The summed E-state index contributed by atoms with van der Waals surface area (Å²) in [5, 5.41) is 2.70. The first-order valence-electron chi connectivity index (χ1n) is 10.0. The van der Waals surface area contributed by atoms with Crippen molar-refractivity contribution in [3.63, 3.8) is 0 Å². The van der Waals surface area contributed by atoms with Crippen LogP contribution in [0.15, 0.2) is 42.5 Å². The highest BCUT2D eigenvalue weighted by molar-refractivity contribution is 6.00. The zero-order valence-electron chi connectivity index (χ0n) is 18.2. The van der Waals surface area contributed by atoms with Gasteiger partial charge in [-0.25, -0.2) is 4.79 Å². The minimum absolute atomic E-state index is 0.208. The van der Waals surface area contributed by atoms with Crippen LogP contribution < -0.4 is 10.1 Å². The van der Waals surface area contributed by atoms with Crippen molar-refractivity contribution in [2.24, 2.45) is 5.92 Å². The van der Waals surface area contributed by atoms with E-state index < -0.39 is 17.9 Å². The fraction of sp³-hybridized carbons (Fsp3) is 0.375. The molecule has 0 aliphatic heterocycles. The van der Waals surface area contributed by atoms with Crippen LogP contribution in [0.1, 0.15) is 52.6 Å². The lowest BCUT2D eigenvalue weighted by molar-refractivity contribution is -0.145. The molecule has 1 amide bonds. The lowest BCUT2D eigenvalue weighted by atomic mass is 10.0. The van der Waals surface area contributed by atoms with E-state index in [0.717, 1.165) is 11.1 Å². The number of benzene rings is 2. The van der Waals surface area contributed by atoms with E-state index >= 15 is 0 Å². The lowest BCUT2D eigenvalue weighted by Crippen LogP contribution is -2.45. The van der Waals surface area contributed by atoms with E-state index in [4.69, 9.17) is 9.47 Å². The largest absolute Gasteiger partial charge is 0.494 e. The van der Waals surface area contributed by atoms with Gasteiger partial charge in [-0.15, -0.1) is 0 Å². The van der Waals surface area contributed by atoms with E-state index in [1.54, 1.807) is 44.2 Å². The normalized spacial score (nSPS) is 11.7. The van der Waals surface area contributed by atoms with Gasteiger partial charge >= 0.3 is 5.97 Å². The number of hydrogen-bond acceptors (Lipinski definition) is 5. The van der Waals surface area contributed by atoms with Gasteiger partial charge in [0.15, 0.2) is 6.61 Å². The van der Waals surface area contributed by atoms with Crippen LogP contribution in [0.2, 0.25) is 0 Å². The molecule has 2 rings (SSSR count). The van der Waals surface area contributed by atoms with E-state index in [2.05, 4.69) is 5.32 Å². The highest BCUT2D eigenvalue weighted by Crippen LogP contribution is 2.14. The Morgan fingerprint density at radius 2 is 1.67 bits per heavy atom. The number of esters is 1. The van der Waals surface area contributed by atoms with Crippen molar-refractivity contribution < 1.29 is 23.9 Å². The van der Waals surface area contributed by atoms with Gasteiger partial charge in [-0.05, 0) is 56.5 Å². The van der Waals surface area contributed by atoms with Gasteiger partial charge in [0.25, 0.3) is 5.91 Å². The molecular weight excluding hydrogens is 382 g/mol. The Bertz CT molecular complexity index is 902. The van der Waals surface area contributed by atoms with Crippen LogP contribution in [0.4, 0.5) is 0 Å². The van der Waals surface area contributed by atoms with Crippen molar-refractivity contribution in [1.29, 1.82) is 0 Å². The molecule has 0 bridgehead atoms. The van der Waals surface area contributed by atoms with Crippen LogP contribution in [0.25, 0.3) is 0 Å². The first-order valence-corrected chi connectivity index (χ1v) is 10.0. The van der Waals surface area contributed by atoms with Gasteiger partial charge in [0, 0.05) is 11.1 Å². The smallest absolute Gasteiger partial charge is 0.329 e. The zero-order valence-corrected chi connectivity index (χ0v) is 18.2. The number of rotatable bonds is 9. The molecule has 6 heteroatoms. The fourth-order valence-electron chi connectivity index (χ4n) is 3.02. The highest BCUT2D eigenvalue weighted by Gasteiger charge is 2.27. The van der Waals surface area contributed by atoms with Crippen molar-refractivity contribution >= 4 is 17.7 Å². The lowest BCUT2D eigenvalue weighted by Gasteiger charge is -2.21. The standard InChI is InChI=1S/C24H29NO5/c1-6-29-19-10-8-18(9-11-19)23(27)25-22(15(2)3)24(28)30-14-21(26)20-12-7-16(4)13-17(20)5/h7-13,15,22H,6,14H2,1-5H3,(H,25,27)/t22-/m0/s1. The van der Waals surface area contributed by atoms with Crippen LogP contribution in [0, 0.1) is 19.8 Å². The third kappa shape index (κ3) is 6.17. The second-order valence-corrected chi connectivity index (χ2v) is 7.50. The molecule has 2 aromatic rings. The Morgan fingerprint density at radius 3 is 2.23 bits per heavy atom. The topological polar surface area (TPSA) is 81.7 Å². The van der Waals surface area contributed by atoms with Gasteiger partial charge in [-0.1, -0.05) is 37.6 Å². The van der Waals surface area contributed by atoms with Crippen molar-refractivity contribution in [2.75, 3.05) is 13.2 Å².